The number of pyridine rings is 1. The first kappa shape index (κ1) is 21.9. The van der Waals surface area contributed by atoms with Crippen LogP contribution in [0.2, 0.25) is 0 Å². The molecule has 5 aromatic rings. The van der Waals surface area contributed by atoms with E-state index < -0.39 is 18.4 Å². The fourth-order valence-corrected chi connectivity index (χ4v) is 4.44. The first-order chi connectivity index (χ1) is 17.5. The van der Waals surface area contributed by atoms with Gasteiger partial charge in [-0.3, -0.25) is 4.79 Å². The zero-order valence-electron chi connectivity index (χ0n) is 18.8. The number of nitrogens with zero attached hydrogens (tertiary/aromatic N) is 5. The van der Waals surface area contributed by atoms with Crippen LogP contribution in [0.25, 0.3) is 22.6 Å². The van der Waals surface area contributed by atoms with E-state index in [0.29, 0.717) is 29.1 Å². The number of imidazole rings is 1. The lowest BCUT2D eigenvalue weighted by atomic mass is 9.97. The summed E-state index contributed by atoms with van der Waals surface area (Å²) in [5.41, 5.74) is 1.52. The second-order valence-corrected chi connectivity index (χ2v) is 8.09. The van der Waals surface area contributed by atoms with Crippen LogP contribution in [-0.4, -0.2) is 49.6 Å². The Morgan fingerprint density at radius 1 is 1.17 bits per heavy atom. The van der Waals surface area contributed by atoms with Crippen molar-refractivity contribution in [3.63, 3.8) is 0 Å². The topological polar surface area (TPSA) is 123 Å². The summed E-state index contributed by atoms with van der Waals surface area (Å²) in [6.45, 7) is 0.191. The van der Waals surface area contributed by atoms with Gasteiger partial charge in [0.25, 0.3) is 12.3 Å². The standard InChI is InChI=1S/C24H18F2N6O4/c1-34-12-6-7-15(27-10-12)22-30-31-23(36-22)24(33)32-9-8-14-18(29-11-28-14)19(32)20-17(21(25)26)13-4-2-3-5-16(13)35-20/h2-7,10-11,19,21H,8-9H2,1H3,(H,28,29)/t19-/m1/s1. The number of H-pyrrole nitrogens is 1. The highest BCUT2D eigenvalue weighted by Crippen LogP contribution is 2.43. The molecule has 182 valence electrons. The van der Waals surface area contributed by atoms with Gasteiger partial charge in [-0.1, -0.05) is 18.2 Å². The van der Waals surface area contributed by atoms with Crippen molar-refractivity contribution in [2.24, 2.45) is 0 Å². The third-order valence-electron chi connectivity index (χ3n) is 6.11. The van der Waals surface area contributed by atoms with Crippen molar-refractivity contribution in [1.29, 1.82) is 0 Å². The number of halogens is 2. The Kier molecular flexibility index (Phi) is 5.20. The van der Waals surface area contributed by atoms with Crippen LogP contribution in [-0.2, 0) is 6.42 Å². The van der Waals surface area contributed by atoms with E-state index in [0.717, 1.165) is 5.69 Å². The van der Waals surface area contributed by atoms with Crippen LogP contribution in [0.3, 0.4) is 0 Å². The molecule has 4 aromatic heterocycles. The number of carbonyl (C=O) groups excluding carboxylic acids is 1. The smallest absolute Gasteiger partial charge is 0.312 e. The molecule has 1 aliphatic rings. The summed E-state index contributed by atoms with van der Waals surface area (Å²) in [6, 6.07) is 8.79. The van der Waals surface area contributed by atoms with Gasteiger partial charge in [0.2, 0.25) is 0 Å². The molecule has 0 aliphatic carbocycles. The van der Waals surface area contributed by atoms with Gasteiger partial charge in [0, 0.05) is 24.0 Å². The summed E-state index contributed by atoms with van der Waals surface area (Å²) in [5, 5.41) is 8.11. The van der Waals surface area contributed by atoms with Crippen LogP contribution in [0, 0.1) is 0 Å². The number of fused-ring (bicyclic) bond motifs is 2. The van der Waals surface area contributed by atoms with E-state index in [1.807, 2.05) is 0 Å². The minimum absolute atomic E-state index is 0.0343. The first-order valence-corrected chi connectivity index (χ1v) is 11.0. The summed E-state index contributed by atoms with van der Waals surface area (Å²) in [5.74, 6) is -0.416. The van der Waals surface area contributed by atoms with Gasteiger partial charge in [0.05, 0.1) is 30.9 Å². The summed E-state index contributed by atoms with van der Waals surface area (Å²) in [4.78, 5) is 26.5. The van der Waals surface area contributed by atoms with E-state index in [9.17, 15) is 13.6 Å². The van der Waals surface area contributed by atoms with Gasteiger partial charge in [0.1, 0.15) is 28.8 Å². The molecule has 0 saturated carbocycles. The van der Waals surface area contributed by atoms with E-state index in [-0.39, 0.29) is 35.0 Å². The number of benzene rings is 1. The monoisotopic (exact) mass is 492 g/mol. The number of para-hydroxylation sites is 1. The fraction of sp³-hybridized carbons (Fsp3) is 0.208. The number of aromatic nitrogens is 5. The molecule has 12 heteroatoms. The highest BCUT2D eigenvalue weighted by molar-refractivity contribution is 5.91. The molecule has 10 nitrogen and oxygen atoms in total. The number of ether oxygens (including phenoxy) is 1. The molecule has 1 amide bonds. The predicted octanol–water partition coefficient (Wildman–Crippen LogP) is 4.34. The Morgan fingerprint density at radius 3 is 2.81 bits per heavy atom. The number of carbonyl (C=O) groups is 1. The number of aromatic amines is 1. The Balaban J connectivity index is 1.42. The molecule has 1 aliphatic heterocycles. The lowest BCUT2D eigenvalue weighted by Crippen LogP contribution is -2.41. The van der Waals surface area contributed by atoms with Crippen molar-refractivity contribution < 1.29 is 27.1 Å². The third-order valence-corrected chi connectivity index (χ3v) is 6.11. The molecular formula is C24H18F2N6O4. The number of hydrogen-bond donors (Lipinski definition) is 1. The number of nitrogens with one attached hydrogen (secondary N) is 1. The van der Waals surface area contributed by atoms with Crippen LogP contribution in [0.15, 0.2) is 57.8 Å². The zero-order chi connectivity index (χ0) is 24.8. The van der Waals surface area contributed by atoms with Gasteiger partial charge in [-0.25, -0.2) is 18.7 Å². The van der Waals surface area contributed by atoms with E-state index in [1.165, 1.54) is 24.5 Å². The number of methoxy groups -OCH3 is 1. The van der Waals surface area contributed by atoms with Crippen molar-refractivity contribution in [2.45, 2.75) is 18.9 Å². The van der Waals surface area contributed by atoms with Crippen molar-refractivity contribution in [1.82, 2.24) is 30.0 Å². The molecule has 0 spiro atoms. The Labute approximate surface area is 201 Å². The summed E-state index contributed by atoms with van der Waals surface area (Å²) in [7, 11) is 1.52. The molecule has 0 unspecified atom stereocenters. The molecule has 0 radical (unpaired) electrons. The Hall–Kier alpha value is -4.61. The normalized spacial score (nSPS) is 15.4. The molecular weight excluding hydrogens is 474 g/mol. The number of rotatable bonds is 5. The molecule has 36 heavy (non-hydrogen) atoms. The molecule has 1 atom stereocenters. The van der Waals surface area contributed by atoms with Crippen molar-refractivity contribution in [3.8, 4) is 17.3 Å². The first-order valence-electron chi connectivity index (χ1n) is 11.0. The minimum Gasteiger partial charge on any atom is -0.495 e. The Bertz CT molecular complexity index is 1560. The fourth-order valence-electron chi connectivity index (χ4n) is 4.44. The zero-order valence-corrected chi connectivity index (χ0v) is 18.8. The van der Waals surface area contributed by atoms with Gasteiger partial charge in [-0.05, 0) is 18.2 Å². The van der Waals surface area contributed by atoms with Crippen LogP contribution in [0.4, 0.5) is 8.78 Å². The van der Waals surface area contributed by atoms with Crippen LogP contribution in [0.1, 0.15) is 45.9 Å². The lowest BCUT2D eigenvalue weighted by Gasteiger charge is -2.33. The summed E-state index contributed by atoms with van der Waals surface area (Å²) < 4.78 is 45.2. The van der Waals surface area contributed by atoms with Gasteiger partial charge in [0.15, 0.2) is 0 Å². The SMILES string of the molecule is COc1ccc(-c2nnc(C(=O)N3CCc4[nH]cnc4[C@@H]3c3oc4ccccc4c3C(F)F)o2)nc1. The molecule has 0 fully saturated rings. The van der Waals surface area contributed by atoms with Crippen molar-refractivity contribution >= 4 is 16.9 Å². The number of furan rings is 1. The summed E-state index contributed by atoms with van der Waals surface area (Å²) in [6.07, 6.45) is 0.550. The van der Waals surface area contributed by atoms with Gasteiger partial charge < -0.3 is 23.5 Å². The maximum atomic E-state index is 14.3. The highest BCUT2D eigenvalue weighted by atomic mass is 19.3. The van der Waals surface area contributed by atoms with E-state index in [2.05, 4.69) is 25.1 Å². The Morgan fingerprint density at radius 2 is 2.03 bits per heavy atom. The second-order valence-electron chi connectivity index (χ2n) is 8.09. The maximum absolute atomic E-state index is 14.3. The van der Waals surface area contributed by atoms with Crippen LogP contribution < -0.4 is 4.74 Å². The van der Waals surface area contributed by atoms with Gasteiger partial charge >= 0.3 is 11.8 Å². The predicted molar refractivity (Wildman–Crippen MR) is 120 cm³/mol. The largest absolute Gasteiger partial charge is 0.495 e. The second kappa shape index (κ2) is 8.56. The average Bonchev–Trinajstić information content (AvgIpc) is 3.65. The number of hydrogen-bond acceptors (Lipinski definition) is 8. The van der Waals surface area contributed by atoms with E-state index in [4.69, 9.17) is 13.6 Å². The highest BCUT2D eigenvalue weighted by Gasteiger charge is 2.41. The molecule has 0 bridgehead atoms. The number of alkyl halides is 2. The molecule has 0 saturated heterocycles. The minimum atomic E-state index is -2.83. The molecule has 1 aromatic carbocycles. The lowest BCUT2D eigenvalue weighted by molar-refractivity contribution is 0.0623. The van der Waals surface area contributed by atoms with Gasteiger partial charge in [-0.2, -0.15) is 0 Å². The maximum Gasteiger partial charge on any atom is 0.312 e. The average molecular weight is 492 g/mol. The van der Waals surface area contributed by atoms with Crippen molar-refractivity contribution in [3.05, 3.63) is 77.5 Å². The summed E-state index contributed by atoms with van der Waals surface area (Å²) >= 11 is 0. The quantitative estimate of drug-likeness (QED) is 0.385. The van der Waals surface area contributed by atoms with Crippen LogP contribution >= 0.6 is 0 Å². The van der Waals surface area contributed by atoms with Crippen molar-refractivity contribution in [2.75, 3.05) is 13.7 Å². The number of amides is 1. The molecule has 1 N–H and O–H groups in total. The van der Waals surface area contributed by atoms with Gasteiger partial charge in [-0.15, -0.1) is 10.2 Å². The third kappa shape index (κ3) is 3.49. The van der Waals surface area contributed by atoms with E-state index in [1.54, 1.807) is 36.4 Å². The van der Waals surface area contributed by atoms with E-state index >= 15 is 0 Å². The van der Waals surface area contributed by atoms with Crippen LogP contribution in [0.5, 0.6) is 5.75 Å². The molecule has 5 heterocycles. The molecule has 6 rings (SSSR count).